The second kappa shape index (κ2) is 6.27. The van der Waals surface area contributed by atoms with Crippen molar-refractivity contribution in [1.82, 2.24) is 20.2 Å². The summed E-state index contributed by atoms with van der Waals surface area (Å²) in [4.78, 5) is 8.51. The molecule has 0 saturated heterocycles. The second-order valence-electron chi connectivity index (χ2n) is 4.67. The molecule has 0 saturated carbocycles. The standard InChI is InChI=1S/C16H15N5O2/c1-22-12-8-11(9-13(18-12)23-2)15-14(19-16(17)21-20-15)10-6-4-3-5-7-10/h3-9H,1-2H3,(H2,17,19,21). The Hall–Kier alpha value is -3.22. The maximum absolute atomic E-state index is 5.71. The number of anilines is 1. The van der Waals surface area contributed by atoms with Gasteiger partial charge in [-0.3, -0.25) is 0 Å². The van der Waals surface area contributed by atoms with E-state index in [4.69, 9.17) is 15.2 Å². The summed E-state index contributed by atoms with van der Waals surface area (Å²) in [6.45, 7) is 0. The smallest absolute Gasteiger partial charge is 0.240 e. The first-order valence-corrected chi connectivity index (χ1v) is 6.87. The molecule has 0 aliphatic rings. The van der Waals surface area contributed by atoms with Gasteiger partial charge >= 0.3 is 0 Å². The molecule has 0 unspecified atom stereocenters. The summed E-state index contributed by atoms with van der Waals surface area (Å²) in [5.74, 6) is 0.939. The predicted octanol–water partition coefficient (Wildman–Crippen LogP) is 2.20. The molecule has 2 N–H and O–H groups in total. The number of nitrogen functional groups attached to an aromatic ring is 1. The monoisotopic (exact) mass is 309 g/mol. The van der Waals surface area contributed by atoms with Crippen LogP contribution in [0.5, 0.6) is 11.8 Å². The third kappa shape index (κ3) is 3.03. The minimum atomic E-state index is 0.112. The summed E-state index contributed by atoms with van der Waals surface area (Å²) in [7, 11) is 3.08. The summed E-state index contributed by atoms with van der Waals surface area (Å²) in [6, 6.07) is 13.1. The van der Waals surface area contributed by atoms with Crippen molar-refractivity contribution in [1.29, 1.82) is 0 Å². The Kier molecular flexibility index (Phi) is 4.01. The number of rotatable bonds is 4. The third-order valence-electron chi connectivity index (χ3n) is 3.22. The van der Waals surface area contributed by atoms with Crippen molar-refractivity contribution in [3.05, 3.63) is 42.5 Å². The molecule has 0 fully saturated rings. The molecular formula is C16H15N5O2. The molecule has 116 valence electrons. The highest BCUT2D eigenvalue weighted by Crippen LogP contribution is 2.32. The quantitative estimate of drug-likeness (QED) is 0.789. The average molecular weight is 309 g/mol. The van der Waals surface area contributed by atoms with E-state index in [1.807, 2.05) is 30.3 Å². The van der Waals surface area contributed by atoms with E-state index in [0.717, 1.165) is 11.1 Å². The Morgan fingerprint density at radius 1 is 0.783 bits per heavy atom. The first-order chi connectivity index (χ1) is 11.2. The van der Waals surface area contributed by atoms with Crippen LogP contribution in [0.2, 0.25) is 0 Å². The number of methoxy groups -OCH3 is 2. The van der Waals surface area contributed by atoms with Crippen LogP contribution in [-0.2, 0) is 0 Å². The van der Waals surface area contributed by atoms with E-state index in [-0.39, 0.29) is 5.95 Å². The van der Waals surface area contributed by atoms with Gasteiger partial charge in [-0.15, -0.1) is 10.2 Å². The molecule has 2 heterocycles. The van der Waals surface area contributed by atoms with E-state index in [2.05, 4.69) is 20.2 Å². The van der Waals surface area contributed by atoms with Crippen LogP contribution in [0.25, 0.3) is 22.5 Å². The highest BCUT2D eigenvalue weighted by Gasteiger charge is 2.15. The van der Waals surface area contributed by atoms with Crippen LogP contribution in [0.15, 0.2) is 42.5 Å². The van der Waals surface area contributed by atoms with Gasteiger partial charge in [0.25, 0.3) is 0 Å². The topological polar surface area (TPSA) is 96.0 Å². The molecule has 0 aliphatic carbocycles. The van der Waals surface area contributed by atoms with Crippen LogP contribution in [-0.4, -0.2) is 34.4 Å². The van der Waals surface area contributed by atoms with Crippen molar-refractivity contribution in [2.24, 2.45) is 0 Å². The van der Waals surface area contributed by atoms with Gasteiger partial charge < -0.3 is 15.2 Å². The fraction of sp³-hybridized carbons (Fsp3) is 0.125. The van der Waals surface area contributed by atoms with Gasteiger partial charge in [-0.05, 0) is 0 Å². The highest BCUT2D eigenvalue weighted by molar-refractivity contribution is 5.78. The molecule has 0 radical (unpaired) electrons. The number of pyridine rings is 1. The van der Waals surface area contributed by atoms with Gasteiger partial charge in [-0.25, -0.2) is 4.98 Å². The number of nitrogens with two attached hydrogens (primary N) is 1. The third-order valence-corrected chi connectivity index (χ3v) is 3.22. The van der Waals surface area contributed by atoms with E-state index in [1.54, 1.807) is 12.1 Å². The summed E-state index contributed by atoms with van der Waals surface area (Å²) < 4.78 is 10.4. The van der Waals surface area contributed by atoms with Gasteiger partial charge in [-0.2, -0.15) is 4.98 Å². The molecule has 0 aliphatic heterocycles. The van der Waals surface area contributed by atoms with Gasteiger partial charge in [0.05, 0.1) is 14.2 Å². The number of benzene rings is 1. The summed E-state index contributed by atoms with van der Waals surface area (Å²) in [5, 5.41) is 8.07. The lowest BCUT2D eigenvalue weighted by Crippen LogP contribution is -2.03. The van der Waals surface area contributed by atoms with Gasteiger partial charge in [-0.1, -0.05) is 30.3 Å². The molecular weight excluding hydrogens is 294 g/mol. The Labute approximate surface area is 133 Å². The number of hydrogen-bond acceptors (Lipinski definition) is 7. The first-order valence-electron chi connectivity index (χ1n) is 6.87. The van der Waals surface area contributed by atoms with Crippen LogP contribution < -0.4 is 15.2 Å². The zero-order chi connectivity index (χ0) is 16.2. The molecule has 2 aromatic heterocycles. The maximum atomic E-state index is 5.71. The normalized spacial score (nSPS) is 10.3. The molecule has 7 nitrogen and oxygen atoms in total. The second-order valence-corrected chi connectivity index (χ2v) is 4.67. The van der Waals surface area contributed by atoms with Gasteiger partial charge in [0.15, 0.2) is 0 Å². The van der Waals surface area contributed by atoms with Crippen LogP contribution >= 0.6 is 0 Å². The lowest BCUT2D eigenvalue weighted by atomic mass is 10.1. The van der Waals surface area contributed by atoms with Crippen molar-refractivity contribution >= 4 is 5.95 Å². The lowest BCUT2D eigenvalue weighted by Gasteiger charge is -2.10. The Morgan fingerprint density at radius 2 is 1.43 bits per heavy atom. The van der Waals surface area contributed by atoms with Gasteiger partial charge in [0.1, 0.15) is 11.4 Å². The zero-order valence-electron chi connectivity index (χ0n) is 12.7. The highest BCUT2D eigenvalue weighted by atomic mass is 16.5. The molecule has 23 heavy (non-hydrogen) atoms. The van der Waals surface area contributed by atoms with Crippen LogP contribution in [0, 0.1) is 0 Å². The molecule has 3 rings (SSSR count). The Bertz CT molecular complexity index is 802. The van der Waals surface area contributed by atoms with Crippen LogP contribution in [0.1, 0.15) is 0 Å². The Balaban J connectivity index is 2.21. The van der Waals surface area contributed by atoms with E-state index >= 15 is 0 Å². The number of aromatic nitrogens is 4. The van der Waals surface area contributed by atoms with Crippen molar-refractivity contribution in [3.63, 3.8) is 0 Å². The molecule has 0 amide bonds. The molecule has 7 heteroatoms. The molecule has 1 aromatic carbocycles. The molecule has 0 spiro atoms. The van der Waals surface area contributed by atoms with Crippen molar-refractivity contribution in [2.75, 3.05) is 20.0 Å². The van der Waals surface area contributed by atoms with Gasteiger partial charge in [0, 0.05) is 23.3 Å². The van der Waals surface area contributed by atoms with Crippen LogP contribution in [0.3, 0.4) is 0 Å². The SMILES string of the molecule is COc1cc(-c2nnc(N)nc2-c2ccccc2)cc(OC)n1. The number of ether oxygens (including phenoxy) is 2. The largest absolute Gasteiger partial charge is 0.481 e. The van der Waals surface area contributed by atoms with Gasteiger partial charge in [0.2, 0.25) is 17.7 Å². The van der Waals surface area contributed by atoms with E-state index < -0.39 is 0 Å². The van der Waals surface area contributed by atoms with Crippen molar-refractivity contribution in [3.8, 4) is 34.3 Å². The zero-order valence-corrected chi connectivity index (χ0v) is 12.7. The summed E-state index contributed by atoms with van der Waals surface area (Å²) in [5.41, 5.74) is 8.53. The first kappa shape index (κ1) is 14.7. The average Bonchev–Trinajstić information content (AvgIpc) is 2.61. The maximum Gasteiger partial charge on any atom is 0.240 e. The van der Waals surface area contributed by atoms with E-state index in [9.17, 15) is 0 Å². The fourth-order valence-electron chi connectivity index (χ4n) is 2.16. The summed E-state index contributed by atoms with van der Waals surface area (Å²) >= 11 is 0. The van der Waals surface area contributed by atoms with E-state index in [0.29, 0.717) is 23.1 Å². The van der Waals surface area contributed by atoms with E-state index in [1.165, 1.54) is 14.2 Å². The summed E-state index contributed by atoms with van der Waals surface area (Å²) in [6.07, 6.45) is 0. The Morgan fingerprint density at radius 3 is 2.04 bits per heavy atom. The molecule has 0 atom stereocenters. The molecule has 3 aromatic rings. The molecule has 0 bridgehead atoms. The fourth-order valence-corrected chi connectivity index (χ4v) is 2.16. The van der Waals surface area contributed by atoms with Crippen molar-refractivity contribution in [2.45, 2.75) is 0 Å². The minimum absolute atomic E-state index is 0.112. The number of nitrogens with zero attached hydrogens (tertiary/aromatic N) is 4. The predicted molar refractivity (Wildman–Crippen MR) is 86.0 cm³/mol. The van der Waals surface area contributed by atoms with Crippen molar-refractivity contribution < 1.29 is 9.47 Å². The minimum Gasteiger partial charge on any atom is -0.481 e. The lowest BCUT2D eigenvalue weighted by molar-refractivity contribution is 0.365. The number of hydrogen-bond donors (Lipinski definition) is 1. The van der Waals surface area contributed by atoms with Crippen LogP contribution in [0.4, 0.5) is 5.95 Å².